The van der Waals surface area contributed by atoms with Gasteiger partial charge in [-0.15, -0.1) is 0 Å². The minimum Gasteiger partial charge on any atom is -0.378 e. The fraction of sp³-hybridized carbons (Fsp3) is 0.143. The maximum Gasteiger partial charge on any atom is 0.211 e. The Bertz CT molecular complexity index is 564. The highest BCUT2D eigenvalue weighted by atomic mass is 35.5. The van der Waals surface area contributed by atoms with Crippen molar-refractivity contribution in [3.8, 4) is 0 Å². The molecule has 0 spiro atoms. The fourth-order valence-electron chi connectivity index (χ4n) is 1.57. The van der Waals surface area contributed by atoms with Crippen LogP contribution in [-0.2, 0) is 0 Å². The predicted octanol–water partition coefficient (Wildman–Crippen LogP) is 3.03. The average molecular weight is 261 g/mol. The molecular formula is C14H13ClN2O. The number of rotatable bonds is 3. The standard InChI is InChI=1S/C14H13ClN2O/c1-17(2)12-7-8-16-13(9-12)14(18)10-3-5-11(15)6-4-10/h3-9H,1-2H3. The molecule has 92 valence electrons. The van der Waals surface area contributed by atoms with Crippen LogP contribution in [0.1, 0.15) is 16.1 Å². The maximum absolute atomic E-state index is 12.2. The summed E-state index contributed by atoms with van der Waals surface area (Å²) in [5, 5.41) is 0.613. The molecule has 0 atom stereocenters. The van der Waals surface area contributed by atoms with Gasteiger partial charge in [-0.3, -0.25) is 9.78 Å². The summed E-state index contributed by atoms with van der Waals surface area (Å²) < 4.78 is 0. The molecular weight excluding hydrogens is 248 g/mol. The van der Waals surface area contributed by atoms with E-state index in [1.54, 1.807) is 36.5 Å². The number of carbonyl (C=O) groups is 1. The molecule has 3 nitrogen and oxygen atoms in total. The second kappa shape index (κ2) is 5.19. The van der Waals surface area contributed by atoms with Gasteiger partial charge in [-0.1, -0.05) is 11.6 Å². The van der Waals surface area contributed by atoms with Crippen molar-refractivity contribution in [1.82, 2.24) is 4.98 Å². The average Bonchev–Trinajstić information content (AvgIpc) is 2.39. The van der Waals surface area contributed by atoms with E-state index in [9.17, 15) is 4.79 Å². The normalized spacial score (nSPS) is 10.2. The molecule has 0 saturated heterocycles. The van der Waals surface area contributed by atoms with E-state index >= 15 is 0 Å². The van der Waals surface area contributed by atoms with E-state index in [1.165, 1.54) is 0 Å². The number of nitrogens with zero attached hydrogens (tertiary/aromatic N) is 2. The summed E-state index contributed by atoms with van der Waals surface area (Å²) in [4.78, 5) is 18.3. The second-order valence-electron chi connectivity index (χ2n) is 4.13. The molecule has 0 saturated carbocycles. The van der Waals surface area contributed by atoms with Gasteiger partial charge in [0.15, 0.2) is 0 Å². The van der Waals surface area contributed by atoms with Crippen LogP contribution in [0.5, 0.6) is 0 Å². The van der Waals surface area contributed by atoms with Crippen LogP contribution in [0.3, 0.4) is 0 Å². The van der Waals surface area contributed by atoms with Crippen LogP contribution in [-0.4, -0.2) is 24.9 Å². The molecule has 0 amide bonds. The first-order chi connectivity index (χ1) is 8.58. The van der Waals surface area contributed by atoms with Crippen LogP contribution < -0.4 is 4.90 Å². The van der Waals surface area contributed by atoms with Crippen molar-refractivity contribution in [2.45, 2.75) is 0 Å². The Morgan fingerprint density at radius 3 is 2.44 bits per heavy atom. The van der Waals surface area contributed by atoms with Crippen LogP contribution >= 0.6 is 11.6 Å². The van der Waals surface area contributed by atoms with Crippen LogP contribution in [0.2, 0.25) is 5.02 Å². The Morgan fingerprint density at radius 2 is 1.83 bits per heavy atom. The lowest BCUT2D eigenvalue weighted by molar-refractivity contribution is 0.103. The first-order valence-electron chi connectivity index (χ1n) is 5.51. The van der Waals surface area contributed by atoms with Crippen molar-refractivity contribution in [3.05, 3.63) is 58.9 Å². The minimum absolute atomic E-state index is 0.102. The number of hydrogen-bond acceptors (Lipinski definition) is 3. The van der Waals surface area contributed by atoms with Crippen LogP contribution in [0.4, 0.5) is 5.69 Å². The van der Waals surface area contributed by atoms with Gasteiger partial charge in [-0.05, 0) is 36.4 Å². The molecule has 2 aromatic rings. The highest BCUT2D eigenvalue weighted by Crippen LogP contribution is 2.16. The van der Waals surface area contributed by atoms with Gasteiger partial charge in [0.25, 0.3) is 0 Å². The molecule has 1 aromatic heterocycles. The molecule has 1 heterocycles. The lowest BCUT2D eigenvalue weighted by Gasteiger charge is -2.12. The molecule has 0 bridgehead atoms. The fourth-order valence-corrected chi connectivity index (χ4v) is 1.70. The van der Waals surface area contributed by atoms with E-state index in [2.05, 4.69) is 4.98 Å². The van der Waals surface area contributed by atoms with Gasteiger partial charge in [0, 0.05) is 36.6 Å². The smallest absolute Gasteiger partial charge is 0.211 e. The van der Waals surface area contributed by atoms with E-state index in [4.69, 9.17) is 11.6 Å². The summed E-state index contributed by atoms with van der Waals surface area (Å²) in [6, 6.07) is 10.4. The number of ketones is 1. The third-order valence-electron chi connectivity index (χ3n) is 2.60. The van der Waals surface area contributed by atoms with Crippen molar-refractivity contribution in [1.29, 1.82) is 0 Å². The Hall–Kier alpha value is -1.87. The SMILES string of the molecule is CN(C)c1ccnc(C(=O)c2ccc(Cl)cc2)c1. The van der Waals surface area contributed by atoms with Crippen molar-refractivity contribution >= 4 is 23.1 Å². The van der Waals surface area contributed by atoms with E-state index in [1.807, 2.05) is 25.1 Å². The molecule has 0 aliphatic rings. The lowest BCUT2D eigenvalue weighted by Crippen LogP contribution is -2.11. The lowest BCUT2D eigenvalue weighted by atomic mass is 10.1. The zero-order valence-electron chi connectivity index (χ0n) is 10.2. The number of pyridine rings is 1. The van der Waals surface area contributed by atoms with Crippen LogP contribution in [0.25, 0.3) is 0 Å². The zero-order valence-corrected chi connectivity index (χ0v) is 11.0. The molecule has 0 fully saturated rings. The molecule has 1 aromatic carbocycles. The third kappa shape index (κ3) is 2.68. The number of anilines is 1. The summed E-state index contributed by atoms with van der Waals surface area (Å²) >= 11 is 5.80. The predicted molar refractivity (Wildman–Crippen MR) is 73.4 cm³/mol. The maximum atomic E-state index is 12.2. The quantitative estimate of drug-likeness (QED) is 0.796. The number of benzene rings is 1. The summed E-state index contributed by atoms with van der Waals surface area (Å²) in [5.41, 5.74) is 1.97. The van der Waals surface area contributed by atoms with E-state index in [0.29, 0.717) is 16.3 Å². The summed E-state index contributed by atoms with van der Waals surface area (Å²) in [7, 11) is 3.84. The Kier molecular flexibility index (Phi) is 3.63. The number of halogens is 1. The molecule has 0 aliphatic heterocycles. The Balaban J connectivity index is 2.34. The third-order valence-corrected chi connectivity index (χ3v) is 2.85. The Labute approximate surface area is 111 Å². The largest absolute Gasteiger partial charge is 0.378 e. The number of carbonyl (C=O) groups excluding carboxylic acids is 1. The van der Waals surface area contributed by atoms with Crippen LogP contribution in [0, 0.1) is 0 Å². The van der Waals surface area contributed by atoms with Gasteiger partial charge in [0.2, 0.25) is 5.78 Å². The Morgan fingerprint density at radius 1 is 1.17 bits per heavy atom. The monoisotopic (exact) mass is 260 g/mol. The molecule has 4 heteroatoms. The highest BCUT2D eigenvalue weighted by Gasteiger charge is 2.11. The molecule has 0 N–H and O–H groups in total. The molecule has 0 aliphatic carbocycles. The summed E-state index contributed by atoms with van der Waals surface area (Å²) in [5.74, 6) is -0.102. The van der Waals surface area contributed by atoms with Gasteiger partial charge in [0.1, 0.15) is 5.69 Å². The van der Waals surface area contributed by atoms with Gasteiger partial charge in [-0.25, -0.2) is 0 Å². The molecule has 2 rings (SSSR count). The summed E-state index contributed by atoms with van der Waals surface area (Å²) in [6.07, 6.45) is 1.64. The van der Waals surface area contributed by atoms with Gasteiger partial charge < -0.3 is 4.90 Å². The van der Waals surface area contributed by atoms with Crippen molar-refractivity contribution in [2.75, 3.05) is 19.0 Å². The molecule has 0 unspecified atom stereocenters. The first-order valence-corrected chi connectivity index (χ1v) is 5.89. The number of hydrogen-bond donors (Lipinski definition) is 0. The van der Waals surface area contributed by atoms with E-state index in [-0.39, 0.29) is 5.78 Å². The molecule has 18 heavy (non-hydrogen) atoms. The van der Waals surface area contributed by atoms with E-state index in [0.717, 1.165) is 5.69 Å². The zero-order chi connectivity index (χ0) is 13.1. The van der Waals surface area contributed by atoms with Crippen LogP contribution in [0.15, 0.2) is 42.6 Å². The van der Waals surface area contributed by atoms with Gasteiger partial charge in [0.05, 0.1) is 0 Å². The minimum atomic E-state index is -0.102. The van der Waals surface area contributed by atoms with E-state index < -0.39 is 0 Å². The van der Waals surface area contributed by atoms with Crippen molar-refractivity contribution in [2.24, 2.45) is 0 Å². The van der Waals surface area contributed by atoms with Crippen molar-refractivity contribution in [3.63, 3.8) is 0 Å². The van der Waals surface area contributed by atoms with Gasteiger partial charge >= 0.3 is 0 Å². The summed E-state index contributed by atoms with van der Waals surface area (Å²) in [6.45, 7) is 0. The number of aromatic nitrogens is 1. The first kappa shape index (κ1) is 12.6. The van der Waals surface area contributed by atoms with Gasteiger partial charge in [-0.2, -0.15) is 0 Å². The topological polar surface area (TPSA) is 33.2 Å². The molecule has 0 radical (unpaired) electrons. The highest BCUT2D eigenvalue weighted by molar-refractivity contribution is 6.30. The van der Waals surface area contributed by atoms with Crippen molar-refractivity contribution < 1.29 is 4.79 Å². The second-order valence-corrected chi connectivity index (χ2v) is 4.57.